The van der Waals surface area contributed by atoms with E-state index in [0.717, 1.165) is 5.56 Å². The first kappa shape index (κ1) is 12.2. The Hall–Kier alpha value is -1.84. The summed E-state index contributed by atoms with van der Waals surface area (Å²) < 4.78 is 0. The smallest absolute Gasteiger partial charge is 0.258 e. The molecular weight excluding hydrogens is 204 g/mol. The maximum Gasteiger partial charge on any atom is 0.258 e. The first-order valence-corrected chi connectivity index (χ1v) is 5.13. The van der Waals surface area contributed by atoms with E-state index in [4.69, 9.17) is 5.73 Å². The van der Waals surface area contributed by atoms with E-state index in [0.29, 0.717) is 5.92 Å². The number of hydrogen-bond acceptors (Lipinski definition) is 3. The number of primary amides is 1. The largest absolute Gasteiger partial charge is 0.386 e. The number of carbonyl (C=O) groups excluding carboxylic acids is 1. The van der Waals surface area contributed by atoms with Crippen LogP contribution in [0.4, 0.5) is 0 Å². The van der Waals surface area contributed by atoms with Crippen molar-refractivity contribution in [1.82, 2.24) is 0 Å². The van der Waals surface area contributed by atoms with Crippen LogP contribution in [-0.2, 0) is 9.63 Å². The lowest BCUT2D eigenvalue weighted by Crippen LogP contribution is -2.16. The lowest BCUT2D eigenvalue weighted by Gasteiger charge is -2.04. The summed E-state index contributed by atoms with van der Waals surface area (Å²) in [6.45, 7) is 4.08. The van der Waals surface area contributed by atoms with Gasteiger partial charge in [0.1, 0.15) is 0 Å². The molecule has 0 saturated carbocycles. The molecule has 1 amide bonds. The Morgan fingerprint density at radius 2 is 2.06 bits per heavy atom. The fourth-order valence-corrected chi connectivity index (χ4v) is 1.17. The number of nitrogens with zero attached hydrogens (tertiary/aromatic N) is 1. The molecule has 4 nitrogen and oxygen atoms in total. The third kappa shape index (κ3) is 4.13. The van der Waals surface area contributed by atoms with Crippen molar-refractivity contribution in [3.63, 3.8) is 0 Å². The fraction of sp³-hybridized carbons (Fsp3) is 0.333. The molecule has 0 atom stereocenters. The number of nitrogens with two attached hydrogens (primary N) is 1. The molecule has 4 heteroatoms. The predicted molar refractivity (Wildman–Crippen MR) is 63.3 cm³/mol. The van der Waals surface area contributed by atoms with Crippen LogP contribution in [0.25, 0.3) is 0 Å². The Bertz CT molecular complexity index is 369. The molecule has 0 spiro atoms. The first-order valence-electron chi connectivity index (χ1n) is 5.13. The Labute approximate surface area is 95.1 Å². The molecule has 0 aliphatic carbocycles. The summed E-state index contributed by atoms with van der Waals surface area (Å²) in [5.41, 5.74) is 7.09. The van der Waals surface area contributed by atoms with Crippen molar-refractivity contribution in [2.75, 3.05) is 6.61 Å². The number of rotatable bonds is 5. The third-order valence-corrected chi connectivity index (χ3v) is 2.09. The van der Waals surface area contributed by atoms with E-state index in [1.807, 2.05) is 24.3 Å². The molecule has 0 aromatic heterocycles. The molecule has 0 aliphatic rings. The van der Waals surface area contributed by atoms with Gasteiger partial charge in [-0.2, -0.15) is 0 Å². The zero-order valence-corrected chi connectivity index (χ0v) is 9.51. The maximum absolute atomic E-state index is 10.4. The van der Waals surface area contributed by atoms with Crippen LogP contribution >= 0.6 is 0 Å². The summed E-state index contributed by atoms with van der Waals surface area (Å²) in [5.74, 6) is -0.0237. The van der Waals surface area contributed by atoms with Gasteiger partial charge in [0.25, 0.3) is 5.91 Å². The second-order valence-corrected chi connectivity index (χ2v) is 3.80. The number of oxime groups is 1. The quantitative estimate of drug-likeness (QED) is 0.605. The Morgan fingerprint density at radius 3 is 2.56 bits per heavy atom. The molecule has 0 radical (unpaired) electrons. The minimum Gasteiger partial charge on any atom is -0.386 e. The van der Waals surface area contributed by atoms with E-state index < -0.39 is 5.91 Å². The van der Waals surface area contributed by atoms with E-state index in [-0.39, 0.29) is 6.61 Å². The number of amides is 1. The van der Waals surface area contributed by atoms with Crippen LogP contribution in [0.5, 0.6) is 0 Å². The van der Waals surface area contributed by atoms with Gasteiger partial charge in [-0.05, 0) is 17.0 Å². The molecule has 1 rings (SSSR count). The highest BCUT2D eigenvalue weighted by molar-refractivity contribution is 5.79. The Kier molecular flexibility index (Phi) is 4.51. The second kappa shape index (κ2) is 5.90. The SMILES string of the molecule is CC(C)c1ccc(/C=N\OCC(N)=O)cc1. The van der Waals surface area contributed by atoms with Crippen molar-refractivity contribution in [3.8, 4) is 0 Å². The average Bonchev–Trinajstić information content (AvgIpc) is 2.25. The molecule has 86 valence electrons. The summed E-state index contributed by atoms with van der Waals surface area (Å²) >= 11 is 0. The van der Waals surface area contributed by atoms with Gasteiger partial charge in [-0.3, -0.25) is 4.79 Å². The molecule has 0 fully saturated rings. The van der Waals surface area contributed by atoms with Crippen LogP contribution in [-0.4, -0.2) is 18.7 Å². The van der Waals surface area contributed by atoms with Crippen molar-refractivity contribution >= 4 is 12.1 Å². The molecule has 0 bridgehead atoms. The molecule has 0 aliphatic heterocycles. The van der Waals surface area contributed by atoms with Gasteiger partial charge in [0.05, 0.1) is 6.21 Å². The number of carbonyl (C=O) groups is 1. The van der Waals surface area contributed by atoms with Crippen molar-refractivity contribution < 1.29 is 9.63 Å². The lowest BCUT2D eigenvalue weighted by atomic mass is 10.0. The van der Waals surface area contributed by atoms with Crippen molar-refractivity contribution in [3.05, 3.63) is 35.4 Å². The highest BCUT2D eigenvalue weighted by Crippen LogP contribution is 2.13. The Balaban J connectivity index is 2.51. The summed E-state index contributed by atoms with van der Waals surface area (Å²) in [7, 11) is 0. The first-order chi connectivity index (χ1) is 7.59. The third-order valence-electron chi connectivity index (χ3n) is 2.09. The molecule has 0 saturated heterocycles. The van der Waals surface area contributed by atoms with Crippen LogP contribution in [0, 0.1) is 0 Å². The van der Waals surface area contributed by atoms with Gasteiger partial charge >= 0.3 is 0 Å². The average molecular weight is 220 g/mol. The zero-order chi connectivity index (χ0) is 12.0. The highest BCUT2D eigenvalue weighted by atomic mass is 16.6. The van der Waals surface area contributed by atoms with Gasteiger partial charge in [-0.25, -0.2) is 0 Å². The predicted octanol–water partition coefficient (Wildman–Crippen LogP) is 1.65. The standard InChI is InChI=1S/C12H16N2O2/c1-9(2)11-5-3-10(4-6-11)7-14-16-8-12(13)15/h3-7,9H,8H2,1-2H3,(H2,13,15)/b14-7-. The van der Waals surface area contributed by atoms with Gasteiger partial charge in [-0.15, -0.1) is 0 Å². The molecular formula is C12H16N2O2. The van der Waals surface area contributed by atoms with Crippen LogP contribution < -0.4 is 5.73 Å². The van der Waals surface area contributed by atoms with Crippen LogP contribution in [0.3, 0.4) is 0 Å². The topological polar surface area (TPSA) is 64.7 Å². The van der Waals surface area contributed by atoms with Gasteiger partial charge in [0.2, 0.25) is 0 Å². The minimum absolute atomic E-state index is 0.194. The zero-order valence-electron chi connectivity index (χ0n) is 9.51. The van der Waals surface area contributed by atoms with Gasteiger partial charge in [-0.1, -0.05) is 43.3 Å². The van der Waals surface area contributed by atoms with Crippen LogP contribution in [0.15, 0.2) is 29.4 Å². The molecule has 0 heterocycles. The van der Waals surface area contributed by atoms with E-state index >= 15 is 0 Å². The monoisotopic (exact) mass is 220 g/mol. The normalized spacial score (nSPS) is 10.9. The fourth-order valence-electron chi connectivity index (χ4n) is 1.17. The molecule has 1 aromatic rings. The second-order valence-electron chi connectivity index (χ2n) is 3.80. The number of benzene rings is 1. The van der Waals surface area contributed by atoms with Gasteiger partial charge in [0, 0.05) is 0 Å². The van der Waals surface area contributed by atoms with E-state index in [9.17, 15) is 4.79 Å². The van der Waals surface area contributed by atoms with Crippen LogP contribution in [0.2, 0.25) is 0 Å². The summed E-state index contributed by atoms with van der Waals surface area (Å²) in [6, 6.07) is 7.99. The summed E-state index contributed by atoms with van der Waals surface area (Å²) in [5, 5.41) is 3.63. The summed E-state index contributed by atoms with van der Waals surface area (Å²) in [4.78, 5) is 15.0. The van der Waals surface area contributed by atoms with E-state index in [1.54, 1.807) is 6.21 Å². The van der Waals surface area contributed by atoms with E-state index in [1.165, 1.54) is 5.56 Å². The molecule has 1 aromatic carbocycles. The van der Waals surface area contributed by atoms with Crippen molar-refractivity contribution in [2.45, 2.75) is 19.8 Å². The summed E-state index contributed by atoms with van der Waals surface area (Å²) in [6.07, 6.45) is 1.55. The van der Waals surface area contributed by atoms with Gasteiger partial charge in [0.15, 0.2) is 6.61 Å². The minimum atomic E-state index is -0.535. The lowest BCUT2D eigenvalue weighted by molar-refractivity contribution is -0.122. The van der Waals surface area contributed by atoms with E-state index in [2.05, 4.69) is 23.8 Å². The van der Waals surface area contributed by atoms with Crippen LogP contribution in [0.1, 0.15) is 30.9 Å². The van der Waals surface area contributed by atoms with Crippen molar-refractivity contribution in [1.29, 1.82) is 0 Å². The maximum atomic E-state index is 10.4. The highest BCUT2D eigenvalue weighted by Gasteiger charge is 1.97. The number of hydrogen-bond donors (Lipinski definition) is 1. The van der Waals surface area contributed by atoms with Crippen molar-refractivity contribution in [2.24, 2.45) is 10.9 Å². The molecule has 16 heavy (non-hydrogen) atoms. The molecule has 2 N–H and O–H groups in total. The Morgan fingerprint density at radius 1 is 1.44 bits per heavy atom. The molecule has 0 unspecified atom stereocenters. The van der Waals surface area contributed by atoms with Gasteiger partial charge < -0.3 is 10.6 Å².